The summed E-state index contributed by atoms with van der Waals surface area (Å²) in [5, 5.41) is 10.9. The minimum Gasteiger partial charge on any atom is -0.493 e. The number of aliphatic hydroxyl groups excluding tert-OH is 1. The molecule has 1 unspecified atom stereocenters. The van der Waals surface area contributed by atoms with Crippen molar-refractivity contribution in [2.75, 3.05) is 28.4 Å². The molecular formula is C23H24O5. The Balaban J connectivity index is 1.95. The van der Waals surface area contributed by atoms with Crippen LogP contribution < -0.4 is 18.9 Å². The Bertz CT molecular complexity index is 951. The number of rotatable bonds is 7. The third kappa shape index (κ3) is 3.89. The molecule has 0 fully saturated rings. The second-order valence-electron chi connectivity index (χ2n) is 6.21. The molecule has 0 radical (unpaired) electrons. The van der Waals surface area contributed by atoms with E-state index in [0.29, 0.717) is 23.0 Å². The van der Waals surface area contributed by atoms with Crippen molar-refractivity contribution in [1.82, 2.24) is 0 Å². The van der Waals surface area contributed by atoms with Crippen LogP contribution in [-0.4, -0.2) is 33.5 Å². The molecule has 1 atom stereocenters. The Kier molecular flexibility index (Phi) is 6.06. The molecule has 5 nitrogen and oxygen atoms in total. The predicted octanol–water partition coefficient (Wildman–Crippen LogP) is 4.47. The third-order valence-corrected chi connectivity index (χ3v) is 4.64. The van der Waals surface area contributed by atoms with Crippen LogP contribution in [0.3, 0.4) is 0 Å². The highest BCUT2D eigenvalue weighted by Gasteiger charge is 2.15. The minimum absolute atomic E-state index is 0.579. The highest BCUT2D eigenvalue weighted by Crippen LogP contribution is 2.35. The second kappa shape index (κ2) is 8.67. The summed E-state index contributed by atoms with van der Waals surface area (Å²) in [5.74, 6) is 2.53. The molecule has 0 aliphatic rings. The Hall–Kier alpha value is -3.18. The molecule has 3 aromatic rings. The number of ether oxygens (including phenoxy) is 4. The molecule has 0 saturated carbocycles. The van der Waals surface area contributed by atoms with E-state index in [4.69, 9.17) is 18.9 Å². The maximum absolute atomic E-state index is 10.9. The molecule has 0 aromatic heterocycles. The van der Waals surface area contributed by atoms with E-state index in [9.17, 15) is 5.11 Å². The zero-order chi connectivity index (χ0) is 20.1. The van der Waals surface area contributed by atoms with Gasteiger partial charge in [0.25, 0.3) is 0 Å². The molecule has 0 heterocycles. The van der Waals surface area contributed by atoms with E-state index in [1.165, 1.54) is 0 Å². The molecule has 146 valence electrons. The molecule has 0 amide bonds. The van der Waals surface area contributed by atoms with Crippen LogP contribution in [0.4, 0.5) is 0 Å². The van der Waals surface area contributed by atoms with Gasteiger partial charge in [-0.15, -0.1) is 0 Å². The molecular weight excluding hydrogens is 356 g/mol. The lowest BCUT2D eigenvalue weighted by molar-refractivity contribution is 0.219. The Morgan fingerprint density at radius 3 is 1.75 bits per heavy atom. The van der Waals surface area contributed by atoms with Crippen LogP contribution in [-0.2, 0) is 0 Å². The fourth-order valence-corrected chi connectivity index (χ4v) is 3.12. The van der Waals surface area contributed by atoms with Crippen molar-refractivity contribution >= 4 is 0 Å². The van der Waals surface area contributed by atoms with Crippen molar-refractivity contribution in [3.63, 3.8) is 0 Å². The lowest BCUT2D eigenvalue weighted by atomic mass is 9.96. The summed E-state index contributed by atoms with van der Waals surface area (Å²) in [7, 11) is 6.38. The summed E-state index contributed by atoms with van der Waals surface area (Å²) in [6.07, 6.45) is -0.792. The summed E-state index contributed by atoms with van der Waals surface area (Å²) in [6.45, 7) is 0. The maximum Gasteiger partial charge on any atom is 0.161 e. The Morgan fingerprint density at radius 2 is 1.11 bits per heavy atom. The largest absolute Gasteiger partial charge is 0.493 e. The summed E-state index contributed by atoms with van der Waals surface area (Å²) < 4.78 is 21.3. The number of hydrogen-bond donors (Lipinski definition) is 1. The quantitative estimate of drug-likeness (QED) is 0.655. The molecule has 1 N–H and O–H groups in total. The summed E-state index contributed by atoms with van der Waals surface area (Å²) >= 11 is 0. The predicted molar refractivity (Wildman–Crippen MR) is 109 cm³/mol. The van der Waals surface area contributed by atoms with Crippen molar-refractivity contribution in [3.8, 4) is 34.1 Å². The summed E-state index contributed by atoms with van der Waals surface area (Å²) in [4.78, 5) is 0. The summed E-state index contributed by atoms with van der Waals surface area (Å²) in [6, 6.07) is 18.9. The molecule has 0 bridgehead atoms. The van der Waals surface area contributed by atoms with Crippen LogP contribution in [0.1, 0.15) is 17.2 Å². The first-order valence-corrected chi connectivity index (χ1v) is 8.83. The van der Waals surface area contributed by atoms with Gasteiger partial charge in [-0.2, -0.15) is 0 Å². The van der Waals surface area contributed by atoms with Gasteiger partial charge in [0.2, 0.25) is 0 Å². The average Bonchev–Trinajstić information content (AvgIpc) is 2.77. The third-order valence-electron chi connectivity index (χ3n) is 4.64. The highest BCUT2D eigenvalue weighted by atomic mass is 16.5. The first kappa shape index (κ1) is 19.6. The Morgan fingerprint density at radius 1 is 0.571 bits per heavy atom. The van der Waals surface area contributed by atoms with Crippen LogP contribution >= 0.6 is 0 Å². The van der Waals surface area contributed by atoms with Gasteiger partial charge in [-0.05, 0) is 52.6 Å². The van der Waals surface area contributed by atoms with Gasteiger partial charge in [-0.3, -0.25) is 0 Å². The standard InChI is InChI=1S/C23H24O5/c1-25-19-10-8-16(13-21(19)27-3)15-6-5-7-17(12-15)23(24)18-9-11-20(26-2)22(14-18)28-4/h5-14,23-24H,1-4H3. The number of hydrogen-bond acceptors (Lipinski definition) is 5. The number of benzene rings is 3. The van der Waals surface area contributed by atoms with E-state index < -0.39 is 6.10 Å². The molecule has 5 heteroatoms. The topological polar surface area (TPSA) is 57.2 Å². The maximum atomic E-state index is 10.9. The van der Waals surface area contributed by atoms with Gasteiger partial charge in [-0.25, -0.2) is 0 Å². The van der Waals surface area contributed by atoms with E-state index >= 15 is 0 Å². The van der Waals surface area contributed by atoms with Crippen molar-refractivity contribution in [2.24, 2.45) is 0 Å². The zero-order valence-corrected chi connectivity index (χ0v) is 16.4. The van der Waals surface area contributed by atoms with Gasteiger partial charge in [0.05, 0.1) is 28.4 Å². The molecule has 0 aliphatic carbocycles. The first-order chi connectivity index (χ1) is 13.6. The summed E-state index contributed by atoms with van der Waals surface area (Å²) in [5.41, 5.74) is 3.44. The first-order valence-electron chi connectivity index (χ1n) is 8.83. The molecule has 0 spiro atoms. The molecule has 28 heavy (non-hydrogen) atoms. The van der Waals surface area contributed by atoms with Crippen molar-refractivity contribution in [1.29, 1.82) is 0 Å². The van der Waals surface area contributed by atoms with Gasteiger partial charge in [0, 0.05) is 0 Å². The van der Waals surface area contributed by atoms with E-state index in [1.54, 1.807) is 40.6 Å². The lowest BCUT2D eigenvalue weighted by Crippen LogP contribution is -2.01. The number of aliphatic hydroxyl groups is 1. The minimum atomic E-state index is -0.792. The van der Waals surface area contributed by atoms with Crippen LogP contribution in [0, 0.1) is 0 Å². The molecule has 3 rings (SSSR count). The van der Waals surface area contributed by atoms with Crippen molar-refractivity contribution in [3.05, 3.63) is 71.8 Å². The van der Waals surface area contributed by atoms with Crippen LogP contribution in [0.5, 0.6) is 23.0 Å². The van der Waals surface area contributed by atoms with Crippen LogP contribution in [0.25, 0.3) is 11.1 Å². The smallest absolute Gasteiger partial charge is 0.161 e. The van der Waals surface area contributed by atoms with E-state index in [1.807, 2.05) is 48.5 Å². The monoisotopic (exact) mass is 380 g/mol. The number of methoxy groups -OCH3 is 4. The van der Waals surface area contributed by atoms with Gasteiger partial charge >= 0.3 is 0 Å². The molecule has 0 saturated heterocycles. The van der Waals surface area contributed by atoms with Gasteiger partial charge in [0.1, 0.15) is 6.10 Å². The SMILES string of the molecule is COc1ccc(-c2cccc(C(O)c3ccc(OC)c(OC)c3)c2)cc1OC. The Labute approximate surface area is 165 Å². The van der Waals surface area contributed by atoms with Crippen molar-refractivity contribution < 1.29 is 24.1 Å². The van der Waals surface area contributed by atoms with E-state index in [0.717, 1.165) is 22.3 Å². The fraction of sp³-hybridized carbons (Fsp3) is 0.217. The highest BCUT2D eigenvalue weighted by molar-refractivity contribution is 5.68. The molecule has 0 aliphatic heterocycles. The van der Waals surface area contributed by atoms with Crippen LogP contribution in [0.15, 0.2) is 60.7 Å². The van der Waals surface area contributed by atoms with Gasteiger partial charge in [-0.1, -0.05) is 30.3 Å². The fourth-order valence-electron chi connectivity index (χ4n) is 3.12. The van der Waals surface area contributed by atoms with Crippen molar-refractivity contribution in [2.45, 2.75) is 6.10 Å². The van der Waals surface area contributed by atoms with Crippen LogP contribution in [0.2, 0.25) is 0 Å². The average molecular weight is 380 g/mol. The van der Waals surface area contributed by atoms with E-state index in [-0.39, 0.29) is 0 Å². The normalized spacial score (nSPS) is 11.6. The van der Waals surface area contributed by atoms with Gasteiger partial charge < -0.3 is 24.1 Å². The second-order valence-corrected chi connectivity index (χ2v) is 6.21. The molecule has 3 aromatic carbocycles. The lowest BCUT2D eigenvalue weighted by Gasteiger charge is -2.16. The van der Waals surface area contributed by atoms with Gasteiger partial charge in [0.15, 0.2) is 23.0 Å². The van der Waals surface area contributed by atoms with E-state index in [2.05, 4.69) is 0 Å². The zero-order valence-electron chi connectivity index (χ0n) is 16.4.